The number of aromatic amines is 1. The summed E-state index contributed by atoms with van der Waals surface area (Å²) in [5, 5.41) is 0.580. The van der Waals surface area contributed by atoms with E-state index in [0.717, 1.165) is 11.1 Å². The molecule has 2 aromatic carbocycles. The molecular weight excluding hydrogens is 311 g/mol. The molecule has 3 aromatic rings. The Morgan fingerprint density at radius 1 is 1.09 bits per heavy atom. The molecule has 3 rings (SSSR count). The maximum Gasteiger partial charge on any atom is 0.255 e. The van der Waals surface area contributed by atoms with E-state index in [4.69, 9.17) is 0 Å². The molecule has 0 aliphatic carbocycles. The van der Waals surface area contributed by atoms with E-state index in [0.29, 0.717) is 22.8 Å². The fourth-order valence-corrected chi connectivity index (χ4v) is 2.76. The summed E-state index contributed by atoms with van der Waals surface area (Å²) in [6.45, 7) is 0. The molecule has 1 aromatic heterocycles. The summed E-state index contributed by atoms with van der Waals surface area (Å²) in [4.78, 5) is 19.8. The van der Waals surface area contributed by atoms with Crippen LogP contribution in [0.5, 0.6) is 0 Å². The molecule has 0 saturated carbocycles. The number of halogens is 1. The SMILES string of the molecule is CSc1nc(-c2ccccc2)c(Cc2ccc(F)cc2)c(=O)[nH]1. The third kappa shape index (κ3) is 3.51. The molecule has 3 nitrogen and oxygen atoms in total. The molecule has 0 amide bonds. The Kier molecular flexibility index (Phi) is 4.57. The molecule has 1 heterocycles. The summed E-state index contributed by atoms with van der Waals surface area (Å²) in [5.41, 5.74) is 2.86. The van der Waals surface area contributed by atoms with Gasteiger partial charge in [-0.25, -0.2) is 9.37 Å². The molecule has 0 saturated heterocycles. The fourth-order valence-electron chi connectivity index (χ4n) is 2.38. The predicted molar refractivity (Wildman–Crippen MR) is 91.3 cm³/mol. The maximum absolute atomic E-state index is 13.1. The standard InChI is InChI=1S/C18H15FN2OS/c1-23-18-20-16(13-5-3-2-4-6-13)15(17(22)21-18)11-12-7-9-14(19)10-8-12/h2-10H,11H2,1H3,(H,20,21,22). The van der Waals surface area contributed by atoms with E-state index in [1.54, 1.807) is 12.1 Å². The van der Waals surface area contributed by atoms with Crippen molar-refractivity contribution in [1.29, 1.82) is 0 Å². The van der Waals surface area contributed by atoms with Gasteiger partial charge in [-0.15, -0.1) is 0 Å². The zero-order valence-electron chi connectivity index (χ0n) is 12.5. The molecule has 0 spiro atoms. The Hall–Kier alpha value is -2.40. The van der Waals surface area contributed by atoms with Crippen LogP contribution in [-0.4, -0.2) is 16.2 Å². The molecule has 0 unspecified atom stereocenters. The van der Waals surface area contributed by atoms with Gasteiger partial charge in [-0.3, -0.25) is 4.79 Å². The van der Waals surface area contributed by atoms with Gasteiger partial charge in [0.05, 0.1) is 5.69 Å². The average Bonchev–Trinajstić information content (AvgIpc) is 2.59. The first-order chi connectivity index (χ1) is 11.2. The van der Waals surface area contributed by atoms with Gasteiger partial charge in [0.15, 0.2) is 5.16 Å². The van der Waals surface area contributed by atoms with Crippen molar-refractivity contribution in [2.24, 2.45) is 0 Å². The minimum Gasteiger partial charge on any atom is -0.301 e. The minimum absolute atomic E-state index is 0.160. The van der Waals surface area contributed by atoms with E-state index >= 15 is 0 Å². The Balaban J connectivity index is 2.11. The van der Waals surface area contributed by atoms with Gasteiger partial charge < -0.3 is 4.98 Å². The van der Waals surface area contributed by atoms with Gasteiger partial charge in [0.1, 0.15) is 5.82 Å². The lowest BCUT2D eigenvalue weighted by atomic mass is 10.0. The zero-order valence-corrected chi connectivity index (χ0v) is 13.4. The number of aromatic nitrogens is 2. The van der Waals surface area contributed by atoms with Crippen LogP contribution < -0.4 is 5.56 Å². The zero-order chi connectivity index (χ0) is 16.2. The van der Waals surface area contributed by atoms with E-state index in [9.17, 15) is 9.18 Å². The molecule has 0 aliphatic heterocycles. The topological polar surface area (TPSA) is 45.8 Å². The number of benzene rings is 2. The average molecular weight is 326 g/mol. The lowest BCUT2D eigenvalue weighted by Crippen LogP contribution is -2.17. The summed E-state index contributed by atoms with van der Waals surface area (Å²) in [5.74, 6) is -0.290. The first-order valence-electron chi connectivity index (χ1n) is 7.14. The van der Waals surface area contributed by atoms with Gasteiger partial charge >= 0.3 is 0 Å². The molecule has 0 fully saturated rings. The monoisotopic (exact) mass is 326 g/mol. The molecule has 0 bridgehead atoms. The van der Waals surface area contributed by atoms with Crippen molar-refractivity contribution in [3.8, 4) is 11.3 Å². The minimum atomic E-state index is -0.290. The summed E-state index contributed by atoms with van der Waals surface area (Å²) in [7, 11) is 0. The Labute approximate surface area is 137 Å². The van der Waals surface area contributed by atoms with Gasteiger partial charge in [-0.05, 0) is 24.0 Å². The van der Waals surface area contributed by atoms with E-state index in [2.05, 4.69) is 9.97 Å². The second-order valence-electron chi connectivity index (χ2n) is 5.07. The van der Waals surface area contributed by atoms with Crippen molar-refractivity contribution in [3.63, 3.8) is 0 Å². The van der Waals surface area contributed by atoms with Crippen LogP contribution in [-0.2, 0) is 6.42 Å². The van der Waals surface area contributed by atoms with E-state index in [1.165, 1.54) is 23.9 Å². The fraction of sp³-hybridized carbons (Fsp3) is 0.111. The van der Waals surface area contributed by atoms with Crippen molar-refractivity contribution < 1.29 is 4.39 Å². The van der Waals surface area contributed by atoms with E-state index in [1.807, 2.05) is 36.6 Å². The molecule has 1 N–H and O–H groups in total. The molecule has 23 heavy (non-hydrogen) atoms. The van der Waals surface area contributed by atoms with E-state index in [-0.39, 0.29) is 11.4 Å². The van der Waals surface area contributed by atoms with Gasteiger partial charge in [0, 0.05) is 17.5 Å². The molecule has 0 radical (unpaired) electrons. The first kappa shape index (κ1) is 15.5. The molecule has 116 valence electrons. The summed E-state index contributed by atoms with van der Waals surface area (Å²) in [6, 6.07) is 15.8. The highest BCUT2D eigenvalue weighted by Gasteiger charge is 2.14. The Morgan fingerprint density at radius 3 is 2.43 bits per heavy atom. The third-order valence-electron chi connectivity index (χ3n) is 3.53. The highest BCUT2D eigenvalue weighted by molar-refractivity contribution is 7.98. The van der Waals surface area contributed by atoms with Crippen molar-refractivity contribution in [3.05, 3.63) is 81.9 Å². The molecule has 5 heteroatoms. The third-order valence-corrected chi connectivity index (χ3v) is 4.11. The van der Waals surface area contributed by atoms with Gasteiger partial charge in [-0.2, -0.15) is 0 Å². The van der Waals surface area contributed by atoms with Crippen LogP contribution in [0.3, 0.4) is 0 Å². The summed E-state index contributed by atoms with van der Waals surface area (Å²) >= 11 is 1.39. The quantitative estimate of drug-likeness (QED) is 0.584. The number of hydrogen-bond donors (Lipinski definition) is 1. The van der Waals surface area contributed by atoms with Gasteiger partial charge in [0.25, 0.3) is 5.56 Å². The Morgan fingerprint density at radius 2 is 1.78 bits per heavy atom. The highest BCUT2D eigenvalue weighted by Crippen LogP contribution is 2.23. The number of hydrogen-bond acceptors (Lipinski definition) is 3. The van der Waals surface area contributed by atoms with Crippen LogP contribution in [0.4, 0.5) is 4.39 Å². The predicted octanol–water partition coefficient (Wildman–Crippen LogP) is 3.89. The number of nitrogens with one attached hydrogen (secondary N) is 1. The largest absolute Gasteiger partial charge is 0.301 e. The molecule has 0 aliphatic rings. The van der Waals surface area contributed by atoms with Crippen LogP contribution in [0.1, 0.15) is 11.1 Å². The van der Waals surface area contributed by atoms with Gasteiger partial charge in [0.2, 0.25) is 0 Å². The van der Waals surface area contributed by atoms with Crippen LogP contribution in [0, 0.1) is 5.82 Å². The van der Waals surface area contributed by atoms with Crippen LogP contribution in [0.25, 0.3) is 11.3 Å². The number of rotatable bonds is 4. The Bertz CT molecular complexity index is 860. The van der Waals surface area contributed by atoms with Gasteiger partial charge in [-0.1, -0.05) is 54.2 Å². The summed E-state index contributed by atoms with van der Waals surface area (Å²) < 4.78 is 13.1. The number of thioether (sulfide) groups is 1. The molecule has 0 atom stereocenters. The lowest BCUT2D eigenvalue weighted by Gasteiger charge is -2.10. The molecular formula is C18H15FN2OS. The van der Waals surface area contributed by atoms with Crippen LogP contribution in [0.15, 0.2) is 64.5 Å². The van der Waals surface area contributed by atoms with Crippen LogP contribution >= 0.6 is 11.8 Å². The van der Waals surface area contributed by atoms with Crippen LogP contribution in [0.2, 0.25) is 0 Å². The van der Waals surface area contributed by atoms with Crippen molar-refractivity contribution in [2.75, 3.05) is 6.26 Å². The number of nitrogens with zero attached hydrogens (tertiary/aromatic N) is 1. The summed E-state index contributed by atoms with van der Waals surface area (Å²) in [6.07, 6.45) is 2.27. The maximum atomic E-state index is 13.1. The smallest absolute Gasteiger partial charge is 0.255 e. The number of H-pyrrole nitrogens is 1. The second-order valence-corrected chi connectivity index (χ2v) is 5.87. The first-order valence-corrected chi connectivity index (χ1v) is 8.37. The highest BCUT2D eigenvalue weighted by atomic mass is 32.2. The normalized spacial score (nSPS) is 10.7. The van der Waals surface area contributed by atoms with E-state index < -0.39 is 0 Å². The lowest BCUT2D eigenvalue weighted by molar-refractivity contribution is 0.627. The second kappa shape index (κ2) is 6.79. The van der Waals surface area contributed by atoms with Crippen molar-refractivity contribution in [1.82, 2.24) is 9.97 Å². The van der Waals surface area contributed by atoms with Crippen molar-refractivity contribution in [2.45, 2.75) is 11.6 Å². The van der Waals surface area contributed by atoms with Crippen molar-refractivity contribution >= 4 is 11.8 Å².